The van der Waals surface area contributed by atoms with Gasteiger partial charge in [-0.2, -0.15) is 0 Å². The molecule has 12 heteroatoms. The summed E-state index contributed by atoms with van der Waals surface area (Å²) in [6, 6.07) is 3.25. The summed E-state index contributed by atoms with van der Waals surface area (Å²) >= 11 is -2.03. The minimum atomic E-state index is -1.67. The van der Waals surface area contributed by atoms with Crippen LogP contribution in [0.15, 0.2) is 0 Å². The van der Waals surface area contributed by atoms with Crippen LogP contribution in [0.1, 0.15) is 0 Å². The summed E-state index contributed by atoms with van der Waals surface area (Å²) < 4.78 is 58.4. The summed E-state index contributed by atoms with van der Waals surface area (Å²) in [5.41, 5.74) is -1.51. The van der Waals surface area contributed by atoms with Gasteiger partial charge in [-0.05, 0) is 0 Å². The zero-order valence-corrected chi connectivity index (χ0v) is 17.4. The molecule has 2 aromatic heterocycles. The number of rotatable bonds is 0. The van der Waals surface area contributed by atoms with Gasteiger partial charge in [0.2, 0.25) is 0 Å². The number of aromatic nitrogens is 2. The first-order valence-electron chi connectivity index (χ1n) is 7.56. The number of nitrogens with zero attached hydrogens (tertiary/aromatic N) is 6. The molecule has 0 saturated carbocycles. The SMILES string of the molecule is [C-]#[N+]/C(C#N)=c1\nc2c([se]1)c(F)c(F)c1c(F)c(F)c3n/c(=C(/C#N)[N+]#[C-])[se]c3c12. The Labute approximate surface area is 175 Å². The molecule has 0 amide bonds. The van der Waals surface area contributed by atoms with Crippen LogP contribution in [0.3, 0.4) is 0 Å². The molecule has 0 aliphatic carbocycles. The number of nitriles is 2. The molecular weight excluding hydrogens is 534 g/mol. The molecule has 0 N–H and O–H groups in total. The molecule has 4 aromatic rings. The monoisotopic (exact) mass is 536 g/mol. The van der Waals surface area contributed by atoms with Crippen LogP contribution in [0.4, 0.5) is 17.6 Å². The molecule has 6 nitrogen and oxygen atoms in total. The molecule has 0 radical (unpaired) electrons. The molecule has 0 aliphatic heterocycles. The Balaban J connectivity index is 2.43. The van der Waals surface area contributed by atoms with E-state index in [9.17, 15) is 17.6 Å². The molecule has 30 heavy (non-hydrogen) atoms. The second-order valence-corrected chi connectivity index (χ2v) is 9.74. The molecule has 0 aliphatic rings. The molecule has 0 saturated heterocycles. The van der Waals surface area contributed by atoms with Gasteiger partial charge in [0.05, 0.1) is 0 Å². The van der Waals surface area contributed by atoms with E-state index < -0.39 is 74.6 Å². The predicted octanol–water partition coefficient (Wildman–Crippen LogP) is 1.71. The second kappa shape index (κ2) is 7.08. The van der Waals surface area contributed by atoms with Crippen molar-refractivity contribution in [2.24, 2.45) is 0 Å². The Kier molecular flexibility index (Phi) is 4.67. The maximum atomic E-state index is 14.8. The molecule has 0 atom stereocenters. The quantitative estimate of drug-likeness (QED) is 0.196. The van der Waals surface area contributed by atoms with E-state index in [-0.39, 0.29) is 27.9 Å². The summed E-state index contributed by atoms with van der Waals surface area (Å²) in [5, 5.41) is 16.9. The fourth-order valence-electron chi connectivity index (χ4n) is 2.80. The van der Waals surface area contributed by atoms with E-state index in [0.29, 0.717) is 0 Å². The van der Waals surface area contributed by atoms with Gasteiger partial charge in [-0.15, -0.1) is 0 Å². The molecule has 2 heterocycles. The van der Waals surface area contributed by atoms with Crippen LogP contribution < -0.4 is 8.45 Å². The van der Waals surface area contributed by atoms with Gasteiger partial charge in [-0.3, -0.25) is 0 Å². The van der Waals surface area contributed by atoms with Gasteiger partial charge in [-0.25, -0.2) is 0 Å². The van der Waals surface area contributed by atoms with Crippen LogP contribution in [0.25, 0.3) is 51.4 Å². The Morgan fingerprint density at radius 1 is 0.733 bits per heavy atom. The Hall–Kier alpha value is -3.50. The Morgan fingerprint density at radius 2 is 1.23 bits per heavy atom. The number of hydrogen-bond donors (Lipinski definition) is 0. The van der Waals surface area contributed by atoms with Crippen molar-refractivity contribution in [2.45, 2.75) is 0 Å². The first-order valence-corrected chi connectivity index (χ1v) is 11.0. The Morgan fingerprint density at radius 3 is 1.77 bits per heavy atom. The van der Waals surface area contributed by atoms with Crippen molar-refractivity contribution in [1.82, 2.24) is 9.97 Å². The maximum absolute atomic E-state index is 14.8. The second-order valence-electron chi connectivity index (χ2n) is 5.54. The summed E-state index contributed by atoms with van der Waals surface area (Å²) in [6.45, 7) is 14.1. The van der Waals surface area contributed by atoms with Crippen molar-refractivity contribution in [3.05, 3.63) is 54.5 Å². The zero-order valence-electron chi connectivity index (χ0n) is 14.0. The van der Waals surface area contributed by atoms with Crippen molar-refractivity contribution in [1.29, 1.82) is 10.5 Å². The number of hydrogen-bond acceptors (Lipinski definition) is 4. The van der Waals surface area contributed by atoms with Crippen LogP contribution in [-0.2, 0) is 0 Å². The van der Waals surface area contributed by atoms with Gasteiger partial charge in [-0.1, -0.05) is 0 Å². The van der Waals surface area contributed by atoms with Gasteiger partial charge in [0.15, 0.2) is 0 Å². The average molecular weight is 534 g/mol. The number of halogens is 4. The van der Waals surface area contributed by atoms with E-state index in [1.165, 1.54) is 0 Å². The summed E-state index contributed by atoms with van der Waals surface area (Å²) in [4.78, 5) is 14.0. The van der Waals surface area contributed by atoms with Crippen molar-refractivity contribution in [3.63, 3.8) is 0 Å². The molecule has 0 bridgehead atoms. The van der Waals surface area contributed by atoms with E-state index in [2.05, 4.69) is 19.7 Å². The normalized spacial score (nSPS) is 12.9. The van der Waals surface area contributed by atoms with Gasteiger partial charge in [0.1, 0.15) is 0 Å². The van der Waals surface area contributed by atoms with Gasteiger partial charge >= 0.3 is 175 Å². The van der Waals surface area contributed by atoms with Crippen LogP contribution >= 0.6 is 0 Å². The van der Waals surface area contributed by atoms with Crippen molar-refractivity contribution in [2.75, 3.05) is 0 Å². The summed E-state index contributed by atoms with van der Waals surface area (Å²) in [6.07, 6.45) is 0. The minimum absolute atomic E-state index is 0.0140. The van der Waals surface area contributed by atoms with Crippen molar-refractivity contribution >= 4 is 70.7 Å². The number of fused-ring (bicyclic) bond motifs is 5. The fourth-order valence-corrected chi connectivity index (χ4v) is 6.98. The third-order valence-electron chi connectivity index (χ3n) is 4.04. The third kappa shape index (κ3) is 2.57. The van der Waals surface area contributed by atoms with E-state index in [1.807, 2.05) is 0 Å². The van der Waals surface area contributed by atoms with Gasteiger partial charge < -0.3 is 0 Å². The fraction of sp³-hybridized carbons (Fsp3) is 0. The molecule has 4 rings (SSSR count). The van der Waals surface area contributed by atoms with Gasteiger partial charge in [0, 0.05) is 0 Å². The van der Waals surface area contributed by atoms with Crippen LogP contribution in [0, 0.1) is 59.1 Å². The van der Waals surface area contributed by atoms with E-state index in [1.54, 1.807) is 12.1 Å². The first-order chi connectivity index (χ1) is 14.4. The van der Waals surface area contributed by atoms with Crippen LogP contribution in [-0.4, -0.2) is 39.0 Å². The number of benzene rings is 2. The standard InChI is InChI=1S/C18F4N6Se2/c1-25-5(3-23)17-27-13-8-7(10(20)12(22)16(13)30-17)9(19)11(21)14-15(8)29-18(28-14)6(4-24)26-2/b17-5+,18-6+. The zero-order chi connectivity index (χ0) is 21.7. The molecular formula is C18F4N6Se2. The summed E-state index contributed by atoms with van der Waals surface area (Å²) in [7, 11) is 0. The predicted molar refractivity (Wildman–Crippen MR) is 98.8 cm³/mol. The Bertz CT molecular complexity index is 1580. The third-order valence-corrected chi connectivity index (χ3v) is 8.52. The molecule has 0 unspecified atom stereocenters. The van der Waals surface area contributed by atoms with E-state index in [4.69, 9.17) is 23.7 Å². The average Bonchev–Trinajstić information content (AvgIpc) is 3.36. The van der Waals surface area contributed by atoms with E-state index >= 15 is 0 Å². The molecule has 0 fully saturated rings. The van der Waals surface area contributed by atoms with Crippen molar-refractivity contribution < 1.29 is 17.6 Å². The molecule has 0 spiro atoms. The molecule has 142 valence electrons. The topological polar surface area (TPSA) is 82.1 Å². The first kappa shape index (κ1) is 19.8. The summed E-state index contributed by atoms with van der Waals surface area (Å²) in [5.74, 6) is -6.22. The van der Waals surface area contributed by atoms with Crippen LogP contribution in [0.5, 0.6) is 0 Å². The van der Waals surface area contributed by atoms with E-state index in [0.717, 1.165) is 0 Å². The van der Waals surface area contributed by atoms with Crippen molar-refractivity contribution in [3.8, 4) is 12.1 Å². The van der Waals surface area contributed by atoms with Gasteiger partial charge in [0.25, 0.3) is 0 Å². The van der Waals surface area contributed by atoms with Crippen LogP contribution in [0.2, 0.25) is 0 Å². The molecule has 2 aromatic carbocycles.